The van der Waals surface area contributed by atoms with Gasteiger partial charge in [-0.05, 0) is 75.8 Å². The molecule has 0 atom stereocenters. The molecule has 1 saturated heterocycles. The summed E-state index contributed by atoms with van der Waals surface area (Å²) >= 11 is 5.99. The molecule has 0 radical (unpaired) electrons. The van der Waals surface area contributed by atoms with Gasteiger partial charge in [-0.2, -0.15) is 0 Å². The largest absolute Gasteiger partial charge is 0.477 e. The van der Waals surface area contributed by atoms with E-state index in [4.69, 9.17) is 16.3 Å². The number of halogens is 1. The lowest BCUT2D eigenvalue weighted by Gasteiger charge is -2.36. The van der Waals surface area contributed by atoms with E-state index in [0.29, 0.717) is 0 Å². The third kappa shape index (κ3) is 5.61. The maximum atomic E-state index is 5.99. The number of aryl methyl sites for hydroxylation is 1. The fourth-order valence-corrected chi connectivity index (χ4v) is 4.41. The molecule has 0 spiro atoms. The zero-order valence-electron chi connectivity index (χ0n) is 17.2. The molecule has 1 fully saturated rings. The van der Waals surface area contributed by atoms with Gasteiger partial charge in [0.2, 0.25) is 5.88 Å². The van der Waals surface area contributed by atoms with Gasteiger partial charge in [0.05, 0.1) is 12.3 Å². The number of rotatable bonds is 8. The van der Waals surface area contributed by atoms with Crippen molar-refractivity contribution in [2.75, 3.05) is 44.2 Å². The van der Waals surface area contributed by atoms with E-state index >= 15 is 0 Å². The molecule has 1 aliphatic heterocycles. The zero-order chi connectivity index (χ0) is 19.9. The first kappa shape index (κ1) is 20.4. The highest BCUT2D eigenvalue weighted by molar-refractivity contribution is 6.30. The van der Waals surface area contributed by atoms with E-state index in [-0.39, 0.29) is 0 Å². The maximum absolute atomic E-state index is 5.99. The number of piperazine rings is 1. The van der Waals surface area contributed by atoms with Crippen LogP contribution in [0.3, 0.4) is 0 Å². The third-order valence-corrected chi connectivity index (χ3v) is 6.26. The summed E-state index contributed by atoms with van der Waals surface area (Å²) in [4.78, 5) is 13.8. The lowest BCUT2D eigenvalue weighted by atomic mass is 9.97. The number of unbranched alkanes of at least 4 members (excludes halogenated alkanes) is 2. The second-order valence-corrected chi connectivity index (χ2v) is 8.46. The quantitative estimate of drug-likeness (QED) is 0.599. The van der Waals surface area contributed by atoms with E-state index < -0.39 is 0 Å². The predicted octanol–water partition coefficient (Wildman–Crippen LogP) is 4.38. The fourth-order valence-electron chi connectivity index (χ4n) is 4.28. The molecule has 156 valence electrons. The van der Waals surface area contributed by atoms with Crippen LogP contribution in [-0.4, -0.2) is 54.2 Å². The fraction of sp³-hybridized carbons (Fsp3) is 0.565. The summed E-state index contributed by atoms with van der Waals surface area (Å²) in [6.07, 6.45) is 9.76. The van der Waals surface area contributed by atoms with Crippen molar-refractivity contribution in [1.29, 1.82) is 0 Å². The van der Waals surface area contributed by atoms with E-state index in [1.807, 2.05) is 12.1 Å². The van der Waals surface area contributed by atoms with E-state index in [2.05, 4.69) is 31.9 Å². The van der Waals surface area contributed by atoms with Crippen molar-refractivity contribution < 1.29 is 4.74 Å². The van der Waals surface area contributed by atoms with Crippen LogP contribution in [0, 0.1) is 0 Å². The van der Waals surface area contributed by atoms with Gasteiger partial charge in [-0.3, -0.25) is 4.90 Å². The topological polar surface area (TPSA) is 41.5 Å². The highest BCUT2D eigenvalue weighted by atomic mass is 35.5. The molecule has 0 bridgehead atoms. The standard InChI is InChI=1S/C23H31ClN4O/c24-19-8-10-20(11-9-19)28-15-13-27(14-16-28)12-4-1-5-17-29-23-21-6-2-3-7-22(21)25-18-26-23/h8-11,18H,1-7,12-17H2. The Bertz CT molecular complexity index is 775. The van der Waals surface area contributed by atoms with Crippen LogP contribution in [0.15, 0.2) is 30.6 Å². The number of nitrogens with zero attached hydrogens (tertiary/aromatic N) is 4. The van der Waals surface area contributed by atoms with Crippen LogP contribution in [0.25, 0.3) is 0 Å². The van der Waals surface area contributed by atoms with Gasteiger partial charge in [-0.15, -0.1) is 0 Å². The van der Waals surface area contributed by atoms with Crippen LogP contribution in [0.1, 0.15) is 43.4 Å². The minimum atomic E-state index is 0.758. The molecular formula is C23H31ClN4O. The number of fused-ring (bicyclic) bond motifs is 1. The average Bonchev–Trinajstić information content (AvgIpc) is 2.77. The molecule has 0 N–H and O–H groups in total. The van der Waals surface area contributed by atoms with Crippen molar-refractivity contribution in [3.63, 3.8) is 0 Å². The number of hydrogen-bond acceptors (Lipinski definition) is 5. The Morgan fingerprint density at radius 2 is 1.69 bits per heavy atom. The summed E-state index contributed by atoms with van der Waals surface area (Å²) in [6.45, 7) is 6.37. The normalized spacial score (nSPS) is 17.2. The van der Waals surface area contributed by atoms with E-state index in [0.717, 1.165) is 63.0 Å². The van der Waals surface area contributed by atoms with Crippen LogP contribution >= 0.6 is 11.6 Å². The third-order valence-electron chi connectivity index (χ3n) is 6.01. The molecule has 0 unspecified atom stereocenters. The lowest BCUT2D eigenvalue weighted by molar-refractivity contribution is 0.244. The summed E-state index contributed by atoms with van der Waals surface area (Å²) in [5.41, 5.74) is 3.72. The number of hydrogen-bond donors (Lipinski definition) is 0. The molecule has 29 heavy (non-hydrogen) atoms. The van der Waals surface area contributed by atoms with Gasteiger partial charge in [0, 0.05) is 42.5 Å². The lowest BCUT2D eigenvalue weighted by Crippen LogP contribution is -2.46. The van der Waals surface area contributed by atoms with Crippen LogP contribution in [-0.2, 0) is 12.8 Å². The summed E-state index contributed by atoms with van der Waals surface area (Å²) in [5.74, 6) is 0.827. The average molecular weight is 415 g/mol. The molecule has 2 heterocycles. The Balaban J connectivity index is 1.11. The summed E-state index contributed by atoms with van der Waals surface area (Å²) in [7, 11) is 0. The number of aromatic nitrogens is 2. The Kier molecular flexibility index (Phi) is 7.23. The van der Waals surface area contributed by atoms with Crippen molar-refractivity contribution in [2.24, 2.45) is 0 Å². The van der Waals surface area contributed by atoms with Crippen LogP contribution in [0.5, 0.6) is 5.88 Å². The minimum Gasteiger partial charge on any atom is -0.477 e. The Hall–Kier alpha value is -1.85. The first-order valence-corrected chi connectivity index (χ1v) is 11.4. The maximum Gasteiger partial charge on any atom is 0.219 e. The predicted molar refractivity (Wildman–Crippen MR) is 118 cm³/mol. The second kappa shape index (κ2) is 10.3. The molecule has 0 amide bonds. The molecule has 1 aliphatic carbocycles. The smallest absolute Gasteiger partial charge is 0.219 e. The Labute approximate surface area is 179 Å². The molecule has 1 aromatic carbocycles. The summed E-state index contributed by atoms with van der Waals surface area (Å²) in [6, 6.07) is 8.19. The Morgan fingerprint density at radius 3 is 2.52 bits per heavy atom. The van der Waals surface area contributed by atoms with Gasteiger partial charge in [0.15, 0.2) is 0 Å². The molecule has 5 nitrogen and oxygen atoms in total. The van der Waals surface area contributed by atoms with Crippen LogP contribution in [0.4, 0.5) is 5.69 Å². The van der Waals surface area contributed by atoms with Gasteiger partial charge in [0.1, 0.15) is 6.33 Å². The van der Waals surface area contributed by atoms with Gasteiger partial charge in [-0.1, -0.05) is 11.6 Å². The molecular weight excluding hydrogens is 384 g/mol. The Morgan fingerprint density at radius 1 is 0.897 bits per heavy atom. The van der Waals surface area contributed by atoms with Crippen molar-refractivity contribution in [3.8, 4) is 5.88 Å². The molecule has 1 aromatic heterocycles. The number of anilines is 1. The van der Waals surface area contributed by atoms with Crippen molar-refractivity contribution >= 4 is 17.3 Å². The first-order chi connectivity index (χ1) is 14.3. The van der Waals surface area contributed by atoms with Gasteiger partial charge in [0.25, 0.3) is 0 Å². The van der Waals surface area contributed by atoms with Crippen molar-refractivity contribution in [3.05, 3.63) is 46.9 Å². The molecule has 2 aliphatic rings. The number of benzene rings is 1. The highest BCUT2D eigenvalue weighted by Crippen LogP contribution is 2.26. The van der Waals surface area contributed by atoms with E-state index in [1.54, 1.807) is 6.33 Å². The SMILES string of the molecule is Clc1ccc(N2CCN(CCCCCOc3ncnc4c3CCCC4)CC2)cc1. The number of ether oxygens (including phenoxy) is 1. The summed E-state index contributed by atoms with van der Waals surface area (Å²) < 4.78 is 5.99. The van der Waals surface area contributed by atoms with Crippen molar-refractivity contribution in [1.82, 2.24) is 14.9 Å². The molecule has 0 saturated carbocycles. The highest BCUT2D eigenvalue weighted by Gasteiger charge is 2.17. The summed E-state index contributed by atoms with van der Waals surface area (Å²) in [5, 5.41) is 0.802. The molecule has 2 aromatic rings. The molecule has 6 heteroatoms. The van der Waals surface area contributed by atoms with Gasteiger partial charge >= 0.3 is 0 Å². The van der Waals surface area contributed by atoms with E-state index in [1.165, 1.54) is 49.2 Å². The van der Waals surface area contributed by atoms with E-state index in [9.17, 15) is 0 Å². The van der Waals surface area contributed by atoms with Gasteiger partial charge < -0.3 is 9.64 Å². The second-order valence-electron chi connectivity index (χ2n) is 8.03. The van der Waals surface area contributed by atoms with Crippen LogP contribution < -0.4 is 9.64 Å². The zero-order valence-corrected chi connectivity index (χ0v) is 17.9. The van der Waals surface area contributed by atoms with Crippen LogP contribution in [0.2, 0.25) is 5.02 Å². The first-order valence-electron chi connectivity index (χ1n) is 11.0. The molecule has 4 rings (SSSR count). The minimum absolute atomic E-state index is 0.758. The monoisotopic (exact) mass is 414 g/mol. The van der Waals surface area contributed by atoms with Crippen molar-refractivity contribution in [2.45, 2.75) is 44.9 Å². The van der Waals surface area contributed by atoms with Gasteiger partial charge in [-0.25, -0.2) is 9.97 Å².